The minimum atomic E-state index is -1.56. The molecule has 0 atom stereocenters. The number of hydrogen-bond donors (Lipinski definition) is 1. The van der Waals surface area contributed by atoms with E-state index in [9.17, 15) is 19.2 Å². The Hall–Kier alpha value is -2.12. The molecule has 8 heteroatoms. The van der Waals surface area contributed by atoms with E-state index in [1.54, 1.807) is 27.7 Å². The largest absolute Gasteiger partial charge is 0.454 e. The number of ketones is 1. The molecule has 0 aliphatic carbocycles. The van der Waals surface area contributed by atoms with Crippen molar-refractivity contribution in [3.05, 3.63) is 11.1 Å². The highest BCUT2D eigenvalue weighted by Crippen LogP contribution is 2.36. The number of rotatable bonds is 9. The maximum atomic E-state index is 13.0. The predicted octanol–water partition coefficient (Wildman–Crippen LogP) is 2.77. The summed E-state index contributed by atoms with van der Waals surface area (Å²) in [6, 6.07) is 0. The second-order valence-electron chi connectivity index (χ2n) is 10.2. The molecule has 0 spiro atoms. The van der Waals surface area contributed by atoms with Crippen LogP contribution in [0.1, 0.15) is 76.2 Å². The molecule has 31 heavy (non-hydrogen) atoms. The van der Waals surface area contributed by atoms with Gasteiger partial charge in [-0.3, -0.25) is 19.2 Å². The van der Waals surface area contributed by atoms with Gasteiger partial charge in [-0.15, -0.1) is 0 Å². The molecular formula is C23H39BN2O5. The Balaban J connectivity index is 5.73. The van der Waals surface area contributed by atoms with Crippen molar-refractivity contribution < 1.29 is 23.9 Å². The lowest BCUT2D eigenvalue weighted by Gasteiger charge is -2.36. The Labute approximate surface area is 188 Å². The van der Waals surface area contributed by atoms with Crippen molar-refractivity contribution in [1.29, 1.82) is 0 Å². The SMILES string of the molecule is [B]CN(C)C(=O)C(C)(C)NC(=O)C(C)(C)C(=O)OC(C)(C)/C(C)=C(/C)C(C)(C)C(C)=O. The van der Waals surface area contributed by atoms with Gasteiger partial charge in [0.05, 0.1) is 7.85 Å². The van der Waals surface area contributed by atoms with Gasteiger partial charge in [-0.2, -0.15) is 0 Å². The van der Waals surface area contributed by atoms with Gasteiger partial charge in [-0.25, -0.2) is 0 Å². The third kappa shape index (κ3) is 6.43. The summed E-state index contributed by atoms with van der Waals surface area (Å²) >= 11 is 0. The third-order valence-corrected chi connectivity index (χ3v) is 6.29. The quantitative estimate of drug-likeness (QED) is 0.261. The van der Waals surface area contributed by atoms with Crippen LogP contribution in [0.25, 0.3) is 0 Å². The van der Waals surface area contributed by atoms with Crippen molar-refractivity contribution >= 4 is 31.4 Å². The van der Waals surface area contributed by atoms with E-state index >= 15 is 0 Å². The number of amides is 2. The van der Waals surface area contributed by atoms with E-state index in [1.807, 2.05) is 27.7 Å². The molecular weight excluding hydrogens is 395 g/mol. The van der Waals surface area contributed by atoms with Crippen LogP contribution in [0.2, 0.25) is 0 Å². The lowest BCUT2D eigenvalue weighted by Crippen LogP contribution is -2.59. The van der Waals surface area contributed by atoms with E-state index in [-0.39, 0.29) is 18.1 Å². The molecule has 2 amide bonds. The van der Waals surface area contributed by atoms with Gasteiger partial charge in [0, 0.05) is 12.5 Å². The van der Waals surface area contributed by atoms with Crippen LogP contribution < -0.4 is 5.32 Å². The summed E-state index contributed by atoms with van der Waals surface area (Å²) in [5, 5.41) is 2.63. The molecule has 7 nitrogen and oxygen atoms in total. The number of allylic oxidation sites excluding steroid dienone is 1. The monoisotopic (exact) mass is 434 g/mol. The number of carbonyl (C=O) groups excluding carboxylic acids is 4. The number of ether oxygens (including phenoxy) is 1. The summed E-state index contributed by atoms with van der Waals surface area (Å²) in [6.45, 7) is 18.2. The highest BCUT2D eigenvalue weighted by molar-refractivity contribution is 6.10. The first-order valence-corrected chi connectivity index (χ1v) is 10.4. The van der Waals surface area contributed by atoms with Gasteiger partial charge in [0.25, 0.3) is 0 Å². The van der Waals surface area contributed by atoms with Gasteiger partial charge >= 0.3 is 5.97 Å². The number of carbonyl (C=O) groups is 4. The van der Waals surface area contributed by atoms with Crippen molar-refractivity contribution in [3.63, 3.8) is 0 Å². The van der Waals surface area contributed by atoms with E-state index in [1.165, 1.54) is 32.7 Å². The first kappa shape index (κ1) is 28.9. The summed E-state index contributed by atoms with van der Waals surface area (Å²) in [6.07, 6.45) is -0.000663. The molecule has 0 aromatic rings. The molecule has 1 N–H and O–H groups in total. The molecule has 0 bridgehead atoms. The van der Waals surface area contributed by atoms with Crippen molar-refractivity contribution in [3.8, 4) is 0 Å². The van der Waals surface area contributed by atoms with E-state index in [4.69, 9.17) is 12.6 Å². The van der Waals surface area contributed by atoms with Gasteiger partial charge in [-0.1, -0.05) is 5.57 Å². The Morgan fingerprint density at radius 2 is 1.29 bits per heavy atom. The van der Waals surface area contributed by atoms with Crippen molar-refractivity contribution in [2.45, 2.75) is 87.3 Å². The topological polar surface area (TPSA) is 92.8 Å². The first-order chi connectivity index (χ1) is 13.7. The molecule has 0 aromatic carbocycles. The van der Waals surface area contributed by atoms with E-state index in [0.29, 0.717) is 0 Å². The van der Waals surface area contributed by atoms with Crippen LogP contribution in [-0.4, -0.2) is 60.9 Å². The maximum absolute atomic E-state index is 13.0. The van der Waals surface area contributed by atoms with Crippen LogP contribution in [0.5, 0.6) is 0 Å². The van der Waals surface area contributed by atoms with Gasteiger partial charge in [0.15, 0.2) is 0 Å². The second kappa shape index (κ2) is 9.57. The van der Waals surface area contributed by atoms with Gasteiger partial charge < -0.3 is 15.0 Å². The fourth-order valence-electron chi connectivity index (χ4n) is 2.77. The average Bonchev–Trinajstić information content (AvgIpc) is 2.64. The number of Topliss-reactive ketones (excluding diaryl/α,β-unsaturated/α-hetero) is 1. The van der Waals surface area contributed by atoms with E-state index in [0.717, 1.165) is 11.1 Å². The van der Waals surface area contributed by atoms with Crippen LogP contribution >= 0.6 is 0 Å². The number of likely N-dealkylation sites (N-methyl/N-ethyl adjacent to an activating group) is 1. The standard InChI is InChI=1S/C23H39BN2O5/c1-14(20(4,5)16(3)27)15(2)23(10,11)31-19(30)21(6,7)17(28)25-22(8,9)18(29)26(12)13-24/h13H2,1-12H3,(H,25,28)/b15-14-. The summed E-state index contributed by atoms with van der Waals surface area (Å²) in [4.78, 5) is 51.7. The minimum absolute atomic E-state index is 0.000491. The summed E-state index contributed by atoms with van der Waals surface area (Å²) < 4.78 is 5.74. The number of nitrogens with zero attached hydrogens (tertiary/aromatic N) is 1. The third-order valence-electron chi connectivity index (χ3n) is 6.29. The summed E-state index contributed by atoms with van der Waals surface area (Å²) in [7, 11) is 7.02. The molecule has 174 valence electrons. The van der Waals surface area contributed by atoms with Crippen molar-refractivity contribution in [2.24, 2.45) is 10.8 Å². The first-order valence-electron chi connectivity index (χ1n) is 10.4. The van der Waals surface area contributed by atoms with Gasteiger partial charge in [0.1, 0.15) is 22.3 Å². The molecule has 0 aromatic heterocycles. The Bertz CT molecular complexity index is 779. The van der Waals surface area contributed by atoms with Crippen molar-refractivity contribution in [2.75, 3.05) is 13.5 Å². The molecule has 0 unspecified atom stereocenters. The normalized spacial score (nSPS) is 13.8. The van der Waals surface area contributed by atoms with Crippen LogP contribution in [-0.2, 0) is 23.9 Å². The number of esters is 1. The Morgan fingerprint density at radius 1 is 0.839 bits per heavy atom. The molecule has 0 heterocycles. The van der Waals surface area contributed by atoms with Gasteiger partial charge in [0.2, 0.25) is 11.8 Å². The van der Waals surface area contributed by atoms with Crippen LogP contribution in [0.15, 0.2) is 11.1 Å². The zero-order chi connectivity index (χ0) is 25.2. The van der Waals surface area contributed by atoms with Crippen LogP contribution in [0.3, 0.4) is 0 Å². The molecule has 0 aliphatic heterocycles. The van der Waals surface area contributed by atoms with Crippen molar-refractivity contribution in [1.82, 2.24) is 10.2 Å². The lowest BCUT2D eigenvalue weighted by atomic mass is 9.76. The molecule has 0 saturated heterocycles. The van der Waals surface area contributed by atoms with Gasteiger partial charge in [-0.05, 0) is 88.2 Å². The Morgan fingerprint density at radius 3 is 1.68 bits per heavy atom. The number of hydrogen-bond acceptors (Lipinski definition) is 5. The smallest absolute Gasteiger partial charge is 0.321 e. The fourth-order valence-corrected chi connectivity index (χ4v) is 2.77. The summed E-state index contributed by atoms with van der Waals surface area (Å²) in [5.41, 5.74) is -3.03. The molecule has 0 rings (SSSR count). The van der Waals surface area contributed by atoms with E-state index in [2.05, 4.69) is 5.32 Å². The van der Waals surface area contributed by atoms with Crippen LogP contribution in [0.4, 0.5) is 0 Å². The predicted molar refractivity (Wildman–Crippen MR) is 122 cm³/mol. The average molecular weight is 434 g/mol. The molecule has 0 aliphatic rings. The molecule has 0 fully saturated rings. The molecule has 2 radical (unpaired) electrons. The fraction of sp³-hybridized carbons (Fsp3) is 0.739. The second-order valence-corrected chi connectivity index (χ2v) is 10.2. The number of nitrogens with one attached hydrogen (secondary N) is 1. The zero-order valence-electron chi connectivity index (χ0n) is 21.3. The summed E-state index contributed by atoms with van der Waals surface area (Å²) in [5.74, 6) is -1.76. The zero-order valence-corrected chi connectivity index (χ0v) is 21.3. The van der Waals surface area contributed by atoms with E-state index < -0.39 is 33.8 Å². The minimum Gasteiger partial charge on any atom is -0.454 e. The Kier molecular flexibility index (Phi) is 8.92. The lowest BCUT2D eigenvalue weighted by molar-refractivity contribution is -0.168. The highest BCUT2D eigenvalue weighted by Gasteiger charge is 2.45. The maximum Gasteiger partial charge on any atom is 0.321 e. The highest BCUT2D eigenvalue weighted by atomic mass is 16.6. The molecule has 0 saturated carbocycles. The van der Waals surface area contributed by atoms with Crippen LogP contribution in [0, 0.1) is 10.8 Å².